The molecule has 10 aromatic rings. The summed E-state index contributed by atoms with van der Waals surface area (Å²) in [6, 6.07) is 27.9. The second-order valence-corrected chi connectivity index (χ2v) is 18.7. The SMILES string of the molecule is Cc1noc(C)c1-c1cc(-c2cccnc2-c2cccc(F)c2)c2[nH]c(=O)[nH]c2c1.Cc1noc(C)c1-c1cc(B2OC(C)(C)C(C)(C)O2)c2[nH]c(=O)[nH]c2c1.Fc1cccc(-c2ncccc2Br)c1. The van der Waals surface area contributed by atoms with Crippen molar-refractivity contribution in [3.05, 3.63) is 169 Å². The second-order valence-electron chi connectivity index (χ2n) is 17.8. The van der Waals surface area contributed by atoms with Crippen LogP contribution in [-0.2, 0) is 9.31 Å². The molecule has 0 atom stereocenters. The van der Waals surface area contributed by atoms with Crippen molar-refractivity contribution in [1.82, 2.24) is 40.2 Å². The van der Waals surface area contributed by atoms with Crippen LogP contribution in [0.3, 0.4) is 0 Å². The van der Waals surface area contributed by atoms with E-state index >= 15 is 0 Å². The van der Waals surface area contributed by atoms with E-state index in [2.05, 4.69) is 56.1 Å². The fourth-order valence-electron chi connectivity index (χ4n) is 8.48. The second kappa shape index (κ2) is 18.8. The molecule has 70 heavy (non-hydrogen) atoms. The van der Waals surface area contributed by atoms with Crippen LogP contribution in [0.2, 0.25) is 0 Å². The minimum absolute atomic E-state index is 0.250. The Morgan fingerprint density at radius 1 is 0.557 bits per heavy atom. The van der Waals surface area contributed by atoms with Gasteiger partial charge in [-0.25, -0.2) is 18.4 Å². The maximum Gasteiger partial charge on any atom is 0.497 e. The van der Waals surface area contributed by atoms with Crippen LogP contribution >= 0.6 is 15.9 Å². The van der Waals surface area contributed by atoms with Crippen molar-refractivity contribution in [2.75, 3.05) is 0 Å². The predicted molar refractivity (Wildman–Crippen MR) is 269 cm³/mol. The fourth-order valence-corrected chi connectivity index (χ4v) is 8.97. The van der Waals surface area contributed by atoms with Crippen LogP contribution in [0, 0.1) is 39.3 Å². The molecule has 0 unspecified atom stereocenters. The van der Waals surface area contributed by atoms with Gasteiger partial charge in [-0.05, 0) is 143 Å². The van der Waals surface area contributed by atoms with Crippen molar-refractivity contribution in [2.45, 2.75) is 66.6 Å². The summed E-state index contributed by atoms with van der Waals surface area (Å²) in [5.74, 6) is 0.820. The Hall–Kier alpha value is -7.54. The van der Waals surface area contributed by atoms with Crippen molar-refractivity contribution >= 4 is 50.6 Å². The van der Waals surface area contributed by atoms with E-state index in [0.29, 0.717) is 39.1 Å². The van der Waals surface area contributed by atoms with Crippen molar-refractivity contribution in [3.8, 4) is 55.9 Å². The highest BCUT2D eigenvalue weighted by Gasteiger charge is 2.52. The molecule has 354 valence electrons. The van der Waals surface area contributed by atoms with Gasteiger partial charge in [0.1, 0.15) is 23.2 Å². The summed E-state index contributed by atoms with van der Waals surface area (Å²) >= 11 is 3.37. The zero-order valence-corrected chi connectivity index (χ0v) is 40.9. The van der Waals surface area contributed by atoms with Gasteiger partial charge < -0.3 is 38.3 Å². The number of rotatable bonds is 6. The zero-order chi connectivity index (χ0) is 49.6. The van der Waals surface area contributed by atoms with Crippen LogP contribution in [0.25, 0.3) is 78.0 Å². The molecule has 0 amide bonds. The van der Waals surface area contributed by atoms with Crippen LogP contribution in [0.4, 0.5) is 8.78 Å². The normalized spacial score (nSPS) is 13.8. The van der Waals surface area contributed by atoms with Crippen molar-refractivity contribution in [2.24, 2.45) is 0 Å². The number of fused-ring (bicyclic) bond motifs is 2. The quantitative estimate of drug-likeness (QED) is 0.116. The molecule has 18 heteroatoms. The molecule has 0 bridgehead atoms. The molecular formula is C52H46BBrF2N8O6. The topological polar surface area (TPSA) is 194 Å². The molecule has 1 aliphatic rings. The molecule has 11 rings (SSSR count). The molecule has 0 saturated carbocycles. The summed E-state index contributed by atoms with van der Waals surface area (Å²) in [7, 11) is -0.589. The van der Waals surface area contributed by atoms with E-state index < -0.39 is 18.3 Å². The van der Waals surface area contributed by atoms with Gasteiger partial charge in [-0.3, -0.25) is 9.97 Å². The predicted octanol–water partition coefficient (Wildman–Crippen LogP) is 11.1. The molecule has 7 heterocycles. The lowest BCUT2D eigenvalue weighted by molar-refractivity contribution is 0.00578. The van der Waals surface area contributed by atoms with Crippen LogP contribution in [0.5, 0.6) is 0 Å². The largest absolute Gasteiger partial charge is 0.497 e. The number of aryl methyl sites for hydroxylation is 4. The van der Waals surface area contributed by atoms with Crippen LogP contribution < -0.4 is 16.8 Å². The number of nitrogens with zero attached hydrogens (tertiary/aromatic N) is 4. The lowest BCUT2D eigenvalue weighted by atomic mass is 9.76. The lowest BCUT2D eigenvalue weighted by Gasteiger charge is -2.32. The Balaban J connectivity index is 0.000000139. The first-order valence-electron chi connectivity index (χ1n) is 22.2. The molecule has 0 radical (unpaired) electrons. The van der Waals surface area contributed by atoms with E-state index in [4.69, 9.17) is 18.4 Å². The Morgan fingerprint density at radius 2 is 1.06 bits per heavy atom. The molecule has 4 aromatic carbocycles. The number of hydrogen-bond donors (Lipinski definition) is 4. The monoisotopic (exact) mass is 1010 g/mol. The van der Waals surface area contributed by atoms with E-state index in [0.717, 1.165) is 71.7 Å². The van der Waals surface area contributed by atoms with E-state index in [-0.39, 0.29) is 23.0 Å². The van der Waals surface area contributed by atoms with E-state index in [1.165, 1.54) is 24.3 Å². The third-order valence-corrected chi connectivity index (χ3v) is 13.1. The number of aromatic nitrogens is 8. The third-order valence-electron chi connectivity index (χ3n) is 12.5. The number of pyridine rings is 2. The molecule has 0 aliphatic carbocycles. The Kier molecular flexibility index (Phi) is 12.7. The molecule has 6 aromatic heterocycles. The van der Waals surface area contributed by atoms with E-state index in [9.17, 15) is 18.4 Å². The maximum atomic E-state index is 13.9. The maximum absolute atomic E-state index is 13.9. The number of H-pyrrole nitrogens is 4. The minimum atomic E-state index is -0.589. The first kappa shape index (κ1) is 47.5. The molecule has 1 saturated heterocycles. The van der Waals surface area contributed by atoms with Gasteiger partial charge in [0, 0.05) is 55.7 Å². The standard InChI is InChI=1S/C23H17FN4O2.C18H22BN3O4.C11H7BrFN/c1-12-20(13(2)30-28-12)15-10-18(22-19(11-15)26-23(29)27-22)17-7-4-8-25-21(17)14-5-3-6-16(24)9-14;1-9-14(10(2)24-22-9)11-7-12(15-13(8-11)20-16(23)21-15)19-25-17(3,4)18(5,6)26-19;12-10-5-2-6-14-11(10)8-3-1-4-9(13)7-8/h3-11H,1-2H3,(H2,26,27,29);7-8H,1-6H3,(H2,20,21,23);1-7H. The number of nitrogens with one attached hydrogen (secondary N) is 4. The van der Waals surface area contributed by atoms with Gasteiger partial charge in [0.2, 0.25) is 0 Å². The summed E-state index contributed by atoms with van der Waals surface area (Å²) in [6.07, 6.45) is 3.35. The lowest BCUT2D eigenvalue weighted by Crippen LogP contribution is -2.41. The molecule has 1 aliphatic heterocycles. The average molecular weight is 1010 g/mol. The summed E-state index contributed by atoms with van der Waals surface area (Å²) in [5.41, 5.74) is 11.4. The summed E-state index contributed by atoms with van der Waals surface area (Å²) < 4.78 is 50.7. The first-order valence-corrected chi connectivity index (χ1v) is 23.0. The van der Waals surface area contributed by atoms with E-state index in [1.807, 2.05) is 116 Å². The Labute approximate surface area is 408 Å². The highest BCUT2D eigenvalue weighted by molar-refractivity contribution is 9.10. The molecule has 1 fully saturated rings. The molecule has 14 nitrogen and oxygen atoms in total. The van der Waals surface area contributed by atoms with Crippen LogP contribution in [0.1, 0.15) is 50.6 Å². The summed E-state index contributed by atoms with van der Waals surface area (Å²) in [4.78, 5) is 44.1. The Bertz CT molecular complexity index is 3650. The number of halogens is 3. The third kappa shape index (κ3) is 9.32. The van der Waals surface area contributed by atoms with Crippen molar-refractivity contribution < 1.29 is 27.1 Å². The average Bonchev–Trinajstić information content (AvgIpc) is 4.12. The smallest absolute Gasteiger partial charge is 0.399 e. The van der Waals surface area contributed by atoms with Gasteiger partial charge in [0.25, 0.3) is 0 Å². The number of benzene rings is 4. The van der Waals surface area contributed by atoms with Crippen LogP contribution in [0.15, 0.2) is 133 Å². The van der Waals surface area contributed by atoms with Gasteiger partial charge >= 0.3 is 18.5 Å². The fraction of sp³-hybridized carbons (Fsp3) is 0.192. The van der Waals surface area contributed by atoms with Crippen LogP contribution in [-0.4, -0.2) is 58.5 Å². The van der Waals surface area contributed by atoms with Gasteiger partial charge in [0.15, 0.2) is 0 Å². The van der Waals surface area contributed by atoms with Gasteiger partial charge in [-0.2, -0.15) is 0 Å². The Morgan fingerprint density at radius 3 is 1.59 bits per heavy atom. The number of aromatic amines is 4. The molecule has 4 N–H and O–H groups in total. The zero-order valence-electron chi connectivity index (χ0n) is 39.3. The number of imidazole rings is 2. The first-order chi connectivity index (χ1) is 33.4. The van der Waals surface area contributed by atoms with Gasteiger partial charge in [-0.1, -0.05) is 46.7 Å². The number of hydrogen-bond acceptors (Lipinski definition) is 10. The minimum Gasteiger partial charge on any atom is -0.399 e. The highest BCUT2D eigenvalue weighted by Crippen LogP contribution is 2.40. The van der Waals surface area contributed by atoms with Gasteiger partial charge in [0.05, 0.1) is 56.0 Å². The molecule has 0 spiro atoms. The van der Waals surface area contributed by atoms with E-state index in [1.54, 1.807) is 24.5 Å². The summed E-state index contributed by atoms with van der Waals surface area (Å²) in [6.45, 7) is 15.5. The van der Waals surface area contributed by atoms with Crippen molar-refractivity contribution in [1.29, 1.82) is 0 Å². The summed E-state index contributed by atoms with van der Waals surface area (Å²) in [5, 5.41) is 8.08. The molecular weight excluding hydrogens is 961 g/mol. The van der Waals surface area contributed by atoms with Crippen molar-refractivity contribution in [3.63, 3.8) is 0 Å². The van der Waals surface area contributed by atoms with Gasteiger partial charge in [-0.15, -0.1) is 0 Å². The highest BCUT2D eigenvalue weighted by atomic mass is 79.9.